The minimum Gasteiger partial charge on any atom is -0.496 e. The lowest BCUT2D eigenvalue weighted by Gasteiger charge is -2.22. The van der Waals surface area contributed by atoms with Crippen LogP contribution in [0.1, 0.15) is 30.9 Å². The van der Waals surface area contributed by atoms with Crippen molar-refractivity contribution in [2.45, 2.75) is 45.1 Å². The highest BCUT2D eigenvalue weighted by atomic mass is 19.1. The Labute approximate surface area is 204 Å². The molecule has 1 aliphatic rings. The van der Waals surface area contributed by atoms with Gasteiger partial charge in [0.05, 0.1) is 45.7 Å². The molecule has 1 aliphatic heterocycles. The molecule has 3 aromatic rings. The van der Waals surface area contributed by atoms with E-state index >= 15 is 0 Å². The molecule has 10 nitrogen and oxygen atoms in total. The Hall–Kier alpha value is -3.02. The molecule has 1 aromatic carbocycles. The van der Waals surface area contributed by atoms with Crippen molar-refractivity contribution in [2.75, 3.05) is 50.7 Å². The van der Waals surface area contributed by atoms with E-state index in [0.717, 1.165) is 36.3 Å². The number of nitrogen functional groups attached to an aromatic ring is 1. The van der Waals surface area contributed by atoms with E-state index in [2.05, 4.69) is 22.2 Å². The van der Waals surface area contributed by atoms with Crippen molar-refractivity contribution in [3.8, 4) is 5.75 Å². The Morgan fingerprint density at radius 1 is 1.31 bits per heavy atom. The third kappa shape index (κ3) is 5.98. The first-order chi connectivity index (χ1) is 17.0. The lowest BCUT2D eigenvalue weighted by Crippen LogP contribution is -2.36. The van der Waals surface area contributed by atoms with Gasteiger partial charge < -0.3 is 30.5 Å². The van der Waals surface area contributed by atoms with Crippen LogP contribution in [0.2, 0.25) is 0 Å². The molecule has 4 N–H and O–H groups in total. The summed E-state index contributed by atoms with van der Waals surface area (Å²) in [6.45, 7) is 4.82. The molecule has 0 bridgehead atoms. The van der Waals surface area contributed by atoms with E-state index in [0.29, 0.717) is 43.1 Å². The zero-order valence-electron chi connectivity index (χ0n) is 20.3. The van der Waals surface area contributed by atoms with E-state index in [1.807, 2.05) is 29.3 Å². The standard InChI is InChI=1S/C24H34FN7O3/c1-3-4-7-31(8-9-33)23-22-19(28-24(26)29-23)13-32(30-22)12-17-6-5-16(10-21(17)34-2)11-27-20-15-35-14-18(20)25/h5-6,10,13,18,20,27,33H,3-4,7-9,11-12,14-15H2,1-2H3,(H2,26,28)/t18-,20+/m0/s1. The highest BCUT2D eigenvalue weighted by Crippen LogP contribution is 2.26. The lowest BCUT2D eigenvalue weighted by molar-refractivity contribution is 0.172. The largest absolute Gasteiger partial charge is 0.496 e. The van der Waals surface area contributed by atoms with Gasteiger partial charge in [-0.15, -0.1) is 0 Å². The van der Waals surface area contributed by atoms with E-state index in [1.54, 1.807) is 11.8 Å². The van der Waals surface area contributed by atoms with Gasteiger partial charge in [-0.3, -0.25) is 4.68 Å². The number of benzene rings is 1. The van der Waals surface area contributed by atoms with Gasteiger partial charge in [0.2, 0.25) is 5.95 Å². The minimum atomic E-state index is -0.984. The number of unbranched alkanes of at least 4 members (excludes halogenated alkanes) is 1. The molecule has 35 heavy (non-hydrogen) atoms. The van der Waals surface area contributed by atoms with Crippen molar-refractivity contribution in [2.24, 2.45) is 0 Å². The van der Waals surface area contributed by atoms with Gasteiger partial charge >= 0.3 is 0 Å². The first-order valence-electron chi connectivity index (χ1n) is 12.0. The quantitative estimate of drug-likeness (QED) is 0.351. The van der Waals surface area contributed by atoms with Crippen LogP contribution in [0.3, 0.4) is 0 Å². The number of nitrogens with zero attached hydrogens (tertiary/aromatic N) is 5. The number of hydrogen-bond acceptors (Lipinski definition) is 9. The number of aliphatic hydroxyl groups excluding tert-OH is 1. The molecular formula is C24H34FN7O3. The number of aromatic nitrogens is 4. The highest BCUT2D eigenvalue weighted by molar-refractivity contribution is 5.86. The Morgan fingerprint density at radius 3 is 2.89 bits per heavy atom. The van der Waals surface area contributed by atoms with Crippen LogP contribution in [0, 0.1) is 0 Å². The summed E-state index contributed by atoms with van der Waals surface area (Å²) in [6, 6.07) is 5.64. The SMILES string of the molecule is CCCCN(CCO)c1nc(N)nc2cn(Cc3ccc(CN[C@@H]4COC[C@@H]4F)cc3OC)nc12. The summed E-state index contributed by atoms with van der Waals surface area (Å²) in [7, 11) is 1.63. The maximum Gasteiger partial charge on any atom is 0.222 e. The van der Waals surface area contributed by atoms with Gasteiger partial charge in [0.25, 0.3) is 0 Å². The van der Waals surface area contributed by atoms with Crippen molar-refractivity contribution >= 4 is 22.8 Å². The number of nitrogens with two attached hydrogens (primary N) is 1. The Morgan fingerprint density at radius 2 is 2.17 bits per heavy atom. The van der Waals surface area contributed by atoms with Crippen molar-refractivity contribution in [1.29, 1.82) is 0 Å². The number of methoxy groups -OCH3 is 1. The predicted octanol–water partition coefficient (Wildman–Crippen LogP) is 1.89. The molecule has 1 fully saturated rings. The molecule has 11 heteroatoms. The molecule has 0 spiro atoms. The van der Waals surface area contributed by atoms with Crippen molar-refractivity contribution < 1.29 is 19.0 Å². The first kappa shape index (κ1) is 25.1. The van der Waals surface area contributed by atoms with Crippen molar-refractivity contribution in [3.63, 3.8) is 0 Å². The molecule has 3 heterocycles. The average molecular weight is 488 g/mol. The average Bonchev–Trinajstić information content (AvgIpc) is 3.45. The summed E-state index contributed by atoms with van der Waals surface area (Å²) in [5.74, 6) is 1.52. The van der Waals surface area contributed by atoms with E-state index < -0.39 is 6.17 Å². The number of aliphatic hydroxyl groups is 1. The van der Waals surface area contributed by atoms with Crippen molar-refractivity contribution in [1.82, 2.24) is 25.1 Å². The van der Waals surface area contributed by atoms with Gasteiger partial charge in [-0.25, -0.2) is 9.37 Å². The van der Waals surface area contributed by atoms with Crippen LogP contribution >= 0.6 is 0 Å². The maximum absolute atomic E-state index is 13.8. The monoisotopic (exact) mass is 487 g/mol. The summed E-state index contributed by atoms with van der Waals surface area (Å²) in [4.78, 5) is 10.8. The zero-order valence-corrected chi connectivity index (χ0v) is 20.3. The van der Waals surface area contributed by atoms with E-state index in [4.69, 9.17) is 20.3 Å². The second-order valence-corrected chi connectivity index (χ2v) is 8.72. The van der Waals surface area contributed by atoms with Crippen molar-refractivity contribution in [3.05, 3.63) is 35.5 Å². The second-order valence-electron chi connectivity index (χ2n) is 8.72. The smallest absolute Gasteiger partial charge is 0.222 e. The van der Waals surface area contributed by atoms with E-state index in [9.17, 15) is 9.50 Å². The molecule has 2 aromatic heterocycles. The normalized spacial score (nSPS) is 17.8. The van der Waals surface area contributed by atoms with Crippen LogP contribution in [0.4, 0.5) is 16.2 Å². The fourth-order valence-corrected chi connectivity index (χ4v) is 4.22. The fourth-order valence-electron chi connectivity index (χ4n) is 4.22. The molecule has 190 valence electrons. The molecule has 4 rings (SSSR count). The van der Waals surface area contributed by atoms with Crippen LogP contribution in [-0.2, 0) is 17.8 Å². The number of hydrogen-bond donors (Lipinski definition) is 3. The number of alkyl halides is 1. The van der Waals surface area contributed by atoms with Crippen LogP contribution in [0.15, 0.2) is 24.4 Å². The zero-order chi connectivity index (χ0) is 24.8. The molecule has 0 radical (unpaired) electrons. The van der Waals surface area contributed by atoms with Gasteiger partial charge in [-0.1, -0.05) is 25.5 Å². The molecule has 0 unspecified atom stereocenters. The third-order valence-electron chi connectivity index (χ3n) is 6.12. The summed E-state index contributed by atoms with van der Waals surface area (Å²) >= 11 is 0. The van der Waals surface area contributed by atoms with Gasteiger partial charge in [0.15, 0.2) is 11.3 Å². The van der Waals surface area contributed by atoms with Crippen LogP contribution in [0.5, 0.6) is 5.75 Å². The van der Waals surface area contributed by atoms with Crippen LogP contribution < -0.4 is 20.7 Å². The summed E-state index contributed by atoms with van der Waals surface area (Å²) < 4.78 is 26.4. The van der Waals surface area contributed by atoms with Crippen LogP contribution in [-0.4, -0.2) is 77.1 Å². The van der Waals surface area contributed by atoms with Gasteiger partial charge in [0.1, 0.15) is 17.4 Å². The van der Waals surface area contributed by atoms with Gasteiger partial charge in [0, 0.05) is 25.2 Å². The summed E-state index contributed by atoms with van der Waals surface area (Å²) in [5, 5.41) is 17.5. The predicted molar refractivity (Wildman–Crippen MR) is 132 cm³/mol. The molecule has 0 aliphatic carbocycles. The molecule has 0 amide bonds. The number of halogens is 1. The number of rotatable bonds is 12. The number of anilines is 2. The number of nitrogens with one attached hydrogen (secondary N) is 1. The molecule has 0 saturated carbocycles. The number of ether oxygens (including phenoxy) is 2. The summed E-state index contributed by atoms with van der Waals surface area (Å²) in [5.41, 5.74) is 9.21. The maximum atomic E-state index is 13.8. The third-order valence-corrected chi connectivity index (χ3v) is 6.12. The fraction of sp³-hybridized carbons (Fsp3) is 0.542. The first-order valence-corrected chi connectivity index (χ1v) is 12.0. The van der Waals surface area contributed by atoms with E-state index in [-0.39, 0.29) is 25.2 Å². The molecular weight excluding hydrogens is 453 g/mol. The lowest BCUT2D eigenvalue weighted by atomic mass is 10.1. The van der Waals surface area contributed by atoms with Gasteiger partial charge in [-0.05, 0) is 18.1 Å². The van der Waals surface area contributed by atoms with Gasteiger partial charge in [-0.2, -0.15) is 10.1 Å². The minimum absolute atomic E-state index is 0.00792. The Balaban J connectivity index is 1.54. The molecule has 1 saturated heterocycles. The Kier molecular flexibility index (Phi) is 8.32. The summed E-state index contributed by atoms with van der Waals surface area (Å²) in [6.07, 6.45) is 2.84. The topological polar surface area (TPSA) is 124 Å². The molecule has 2 atom stereocenters. The number of fused-ring (bicyclic) bond motifs is 1. The second kappa shape index (κ2) is 11.6. The van der Waals surface area contributed by atoms with E-state index in [1.165, 1.54) is 0 Å². The van der Waals surface area contributed by atoms with Crippen LogP contribution in [0.25, 0.3) is 11.0 Å². The highest BCUT2D eigenvalue weighted by Gasteiger charge is 2.27. The Bertz CT molecular complexity index is 1130.